The highest BCUT2D eigenvalue weighted by Crippen LogP contribution is 2.32. The topological polar surface area (TPSA) is 115 Å². The van der Waals surface area contributed by atoms with Gasteiger partial charge >= 0.3 is 6.36 Å². The lowest BCUT2D eigenvalue weighted by Gasteiger charge is -2.13. The van der Waals surface area contributed by atoms with Crippen molar-refractivity contribution < 1.29 is 22.7 Å². The Labute approximate surface area is 92.6 Å². The van der Waals surface area contributed by atoms with Crippen molar-refractivity contribution in [3.63, 3.8) is 0 Å². The molecule has 0 bridgehead atoms. The number of nitrogens with zero attached hydrogens (tertiary/aromatic N) is 2. The summed E-state index contributed by atoms with van der Waals surface area (Å²) in [6, 6.07) is 1.45. The van der Waals surface area contributed by atoms with E-state index in [4.69, 9.17) is 16.7 Å². The highest BCUT2D eigenvalue weighted by atomic mass is 19.4. The largest absolute Gasteiger partial charge is 0.573 e. The quantitative estimate of drug-likeness (QED) is 0.789. The number of hydrogen-bond donors (Lipinski definition) is 2. The Balaban J connectivity index is 3.41. The number of nitriles is 1. The molecule has 1 heterocycles. The first kappa shape index (κ1) is 12.6. The van der Waals surface area contributed by atoms with Crippen LogP contribution in [0.5, 0.6) is 5.75 Å². The number of halogens is 3. The van der Waals surface area contributed by atoms with E-state index in [0.29, 0.717) is 6.20 Å². The van der Waals surface area contributed by atoms with E-state index < -0.39 is 35.0 Å². The van der Waals surface area contributed by atoms with Gasteiger partial charge in [-0.1, -0.05) is 0 Å². The van der Waals surface area contributed by atoms with Crippen molar-refractivity contribution >= 4 is 11.6 Å². The van der Waals surface area contributed by atoms with Crippen molar-refractivity contribution in [3.8, 4) is 11.8 Å². The molecule has 0 spiro atoms. The number of nitrogens with two attached hydrogens (primary N) is 2. The molecule has 4 N–H and O–H groups in total. The van der Waals surface area contributed by atoms with Crippen molar-refractivity contribution in [2.75, 3.05) is 5.73 Å². The van der Waals surface area contributed by atoms with E-state index in [1.165, 1.54) is 6.07 Å². The van der Waals surface area contributed by atoms with E-state index in [2.05, 4.69) is 9.72 Å². The van der Waals surface area contributed by atoms with Gasteiger partial charge in [-0.15, -0.1) is 13.2 Å². The number of rotatable bonds is 2. The van der Waals surface area contributed by atoms with E-state index in [9.17, 15) is 18.0 Å². The predicted octanol–water partition coefficient (Wildman–Crippen LogP) is 0.533. The number of aromatic nitrogens is 1. The molecule has 0 fully saturated rings. The lowest BCUT2D eigenvalue weighted by Crippen LogP contribution is -2.22. The van der Waals surface area contributed by atoms with Gasteiger partial charge in [0.2, 0.25) is 0 Å². The molecule has 0 radical (unpaired) electrons. The van der Waals surface area contributed by atoms with Crippen LogP contribution in [0.2, 0.25) is 0 Å². The number of pyridine rings is 1. The second kappa shape index (κ2) is 4.17. The number of nitrogen functional groups attached to an aromatic ring is 1. The second-order valence-corrected chi connectivity index (χ2v) is 2.79. The summed E-state index contributed by atoms with van der Waals surface area (Å²) in [6.45, 7) is 0. The maximum absolute atomic E-state index is 12.1. The van der Waals surface area contributed by atoms with Gasteiger partial charge < -0.3 is 16.2 Å². The van der Waals surface area contributed by atoms with Crippen LogP contribution in [0.1, 0.15) is 16.1 Å². The Morgan fingerprint density at radius 2 is 2.12 bits per heavy atom. The Bertz CT molecular complexity index is 507. The molecule has 0 aliphatic rings. The predicted molar refractivity (Wildman–Crippen MR) is 48.6 cm³/mol. The number of anilines is 1. The number of alkyl halides is 3. The normalized spacial score (nSPS) is 10.7. The van der Waals surface area contributed by atoms with Crippen LogP contribution in [0.15, 0.2) is 6.20 Å². The number of carbonyl (C=O) groups is 1. The van der Waals surface area contributed by atoms with Gasteiger partial charge in [0, 0.05) is 6.20 Å². The standard InChI is InChI=1S/C8H5F3N4O2/c9-8(10,11)17-6-3(7(14)16)2-15-4(1-12)5(6)13/h2H,13H2,(H2,14,16). The fourth-order valence-electron chi connectivity index (χ4n) is 1.00. The van der Waals surface area contributed by atoms with Crippen molar-refractivity contribution in [1.29, 1.82) is 5.26 Å². The minimum absolute atomic E-state index is 0.491. The highest BCUT2D eigenvalue weighted by molar-refractivity contribution is 5.97. The SMILES string of the molecule is N#Cc1ncc(C(N)=O)c(OC(F)(F)F)c1N. The van der Waals surface area contributed by atoms with E-state index in [1.54, 1.807) is 0 Å². The minimum Gasteiger partial charge on any atom is -0.403 e. The number of carbonyl (C=O) groups excluding carboxylic acids is 1. The molecule has 1 rings (SSSR count). The van der Waals surface area contributed by atoms with Crippen molar-refractivity contribution in [3.05, 3.63) is 17.5 Å². The van der Waals surface area contributed by atoms with Gasteiger partial charge in [0.15, 0.2) is 11.4 Å². The van der Waals surface area contributed by atoms with E-state index in [-0.39, 0.29) is 0 Å². The van der Waals surface area contributed by atoms with Gasteiger partial charge in [-0.05, 0) is 0 Å². The minimum atomic E-state index is -5.06. The molecule has 1 aromatic rings. The molecule has 0 aliphatic heterocycles. The summed E-state index contributed by atoms with van der Waals surface area (Å²) in [6.07, 6.45) is -4.37. The van der Waals surface area contributed by atoms with Gasteiger partial charge in [0.05, 0.1) is 0 Å². The molecular formula is C8H5F3N4O2. The average Bonchev–Trinajstić information content (AvgIpc) is 2.18. The molecule has 90 valence electrons. The molecule has 0 aromatic carbocycles. The zero-order valence-corrected chi connectivity index (χ0v) is 8.08. The third-order valence-corrected chi connectivity index (χ3v) is 1.66. The highest BCUT2D eigenvalue weighted by Gasteiger charge is 2.34. The molecule has 0 aliphatic carbocycles. The van der Waals surface area contributed by atoms with E-state index >= 15 is 0 Å². The summed E-state index contributed by atoms with van der Waals surface area (Å²) in [7, 11) is 0. The maximum Gasteiger partial charge on any atom is 0.573 e. The van der Waals surface area contributed by atoms with Crippen molar-refractivity contribution in [2.45, 2.75) is 6.36 Å². The fraction of sp³-hybridized carbons (Fsp3) is 0.125. The van der Waals surface area contributed by atoms with E-state index in [1.807, 2.05) is 0 Å². The third kappa shape index (κ3) is 2.75. The van der Waals surface area contributed by atoms with E-state index in [0.717, 1.165) is 0 Å². The number of amides is 1. The smallest absolute Gasteiger partial charge is 0.403 e. The molecular weight excluding hydrogens is 241 g/mol. The Kier molecular flexibility index (Phi) is 3.08. The Morgan fingerprint density at radius 3 is 2.53 bits per heavy atom. The Morgan fingerprint density at radius 1 is 1.53 bits per heavy atom. The van der Waals surface area contributed by atoms with Crippen LogP contribution in [0.4, 0.5) is 18.9 Å². The molecule has 9 heteroatoms. The molecule has 6 nitrogen and oxygen atoms in total. The monoisotopic (exact) mass is 246 g/mol. The second-order valence-electron chi connectivity index (χ2n) is 2.79. The summed E-state index contributed by atoms with van der Waals surface area (Å²) in [5.41, 5.74) is 8.21. The van der Waals surface area contributed by atoms with Crippen LogP contribution in [-0.4, -0.2) is 17.3 Å². The first-order chi connectivity index (χ1) is 7.76. The summed E-state index contributed by atoms with van der Waals surface area (Å²) in [5.74, 6) is -2.22. The lowest BCUT2D eigenvalue weighted by molar-refractivity contribution is -0.274. The van der Waals surface area contributed by atoms with Gasteiger partial charge in [-0.2, -0.15) is 5.26 Å². The molecule has 17 heavy (non-hydrogen) atoms. The zero-order chi connectivity index (χ0) is 13.2. The fourth-order valence-corrected chi connectivity index (χ4v) is 1.00. The molecule has 0 saturated carbocycles. The lowest BCUT2D eigenvalue weighted by atomic mass is 10.2. The third-order valence-electron chi connectivity index (χ3n) is 1.66. The van der Waals surface area contributed by atoms with Crippen LogP contribution in [0, 0.1) is 11.3 Å². The van der Waals surface area contributed by atoms with Gasteiger partial charge in [-0.3, -0.25) is 4.79 Å². The molecule has 0 atom stereocenters. The van der Waals surface area contributed by atoms with Gasteiger partial charge in [0.25, 0.3) is 5.91 Å². The van der Waals surface area contributed by atoms with Crippen LogP contribution >= 0.6 is 0 Å². The van der Waals surface area contributed by atoms with Gasteiger partial charge in [0.1, 0.15) is 17.3 Å². The van der Waals surface area contributed by atoms with Crippen LogP contribution in [0.25, 0.3) is 0 Å². The van der Waals surface area contributed by atoms with Crippen molar-refractivity contribution in [2.24, 2.45) is 5.73 Å². The number of hydrogen-bond acceptors (Lipinski definition) is 5. The molecule has 1 aromatic heterocycles. The van der Waals surface area contributed by atoms with Crippen LogP contribution < -0.4 is 16.2 Å². The number of ether oxygens (including phenoxy) is 1. The number of primary amides is 1. The van der Waals surface area contributed by atoms with Crippen LogP contribution in [-0.2, 0) is 0 Å². The van der Waals surface area contributed by atoms with Crippen molar-refractivity contribution in [1.82, 2.24) is 4.98 Å². The summed E-state index contributed by atoms with van der Waals surface area (Å²) >= 11 is 0. The molecule has 1 amide bonds. The zero-order valence-electron chi connectivity index (χ0n) is 8.08. The summed E-state index contributed by atoms with van der Waals surface area (Å²) in [5, 5.41) is 8.53. The Hall–Kier alpha value is -2.50. The summed E-state index contributed by atoms with van der Waals surface area (Å²) in [4.78, 5) is 14.2. The first-order valence-corrected chi connectivity index (χ1v) is 4.00. The van der Waals surface area contributed by atoms with Crippen LogP contribution in [0.3, 0.4) is 0 Å². The maximum atomic E-state index is 12.1. The molecule has 0 unspecified atom stereocenters. The summed E-state index contributed by atoms with van der Waals surface area (Å²) < 4.78 is 39.8. The molecule has 0 saturated heterocycles. The van der Waals surface area contributed by atoms with Gasteiger partial charge in [-0.25, -0.2) is 4.98 Å². The first-order valence-electron chi connectivity index (χ1n) is 4.00. The average molecular weight is 246 g/mol.